The minimum absolute atomic E-state index is 0.0328. The number of pyridine rings is 1. The van der Waals surface area contributed by atoms with Crippen LogP contribution in [0.15, 0.2) is 36.4 Å². The van der Waals surface area contributed by atoms with Gasteiger partial charge < -0.3 is 15.5 Å². The fourth-order valence-corrected chi connectivity index (χ4v) is 2.52. The van der Waals surface area contributed by atoms with Crippen LogP contribution < -0.4 is 15.5 Å². The number of hydrogen-bond acceptors (Lipinski definition) is 4. The van der Waals surface area contributed by atoms with Crippen LogP contribution in [0, 0.1) is 0 Å². The van der Waals surface area contributed by atoms with Crippen molar-refractivity contribution in [2.24, 2.45) is 0 Å². The van der Waals surface area contributed by atoms with Gasteiger partial charge >= 0.3 is 0 Å². The van der Waals surface area contributed by atoms with Crippen molar-refractivity contribution in [2.75, 3.05) is 29.1 Å². The van der Waals surface area contributed by atoms with Crippen molar-refractivity contribution in [3.8, 4) is 0 Å². The largest absolute Gasteiger partial charge is 0.373 e. The third-order valence-electron chi connectivity index (χ3n) is 3.37. The second-order valence-electron chi connectivity index (χ2n) is 4.80. The van der Waals surface area contributed by atoms with Crippen LogP contribution in [0.2, 0.25) is 5.02 Å². The van der Waals surface area contributed by atoms with E-state index in [1.165, 1.54) is 0 Å². The van der Waals surface area contributed by atoms with Gasteiger partial charge in [0.05, 0.1) is 35.2 Å². The summed E-state index contributed by atoms with van der Waals surface area (Å²) in [5.41, 5.74) is 2.53. The van der Waals surface area contributed by atoms with Gasteiger partial charge in [0, 0.05) is 7.05 Å². The Hall–Kier alpha value is -2.27. The van der Waals surface area contributed by atoms with E-state index in [1.807, 2.05) is 48.3 Å². The van der Waals surface area contributed by atoms with Gasteiger partial charge in [-0.2, -0.15) is 0 Å². The highest BCUT2D eigenvalue weighted by atomic mass is 35.5. The molecule has 1 aromatic carbocycles. The first-order chi connectivity index (χ1) is 10.2. The number of para-hydroxylation sites is 2. The van der Waals surface area contributed by atoms with Crippen LogP contribution >= 0.6 is 11.6 Å². The maximum atomic E-state index is 11.8. The molecule has 0 saturated heterocycles. The van der Waals surface area contributed by atoms with E-state index in [2.05, 4.69) is 15.6 Å². The normalized spacial score (nSPS) is 13.6. The van der Waals surface area contributed by atoms with Crippen molar-refractivity contribution in [2.45, 2.75) is 6.54 Å². The molecule has 1 aliphatic heterocycles. The fraction of sp³-hybridized carbons (Fsp3) is 0.200. The molecule has 1 aliphatic rings. The van der Waals surface area contributed by atoms with Crippen molar-refractivity contribution in [3.05, 3.63) is 47.1 Å². The Labute approximate surface area is 127 Å². The lowest BCUT2D eigenvalue weighted by Crippen LogP contribution is -2.37. The van der Waals surface area contributed by atoms with E-state index in [9.17, 15) is 4.79 Å². The molecule has 3 rings (SSSR count). The third-order valence-corrected chi connectivity index (χ3v) is 3.71. The molecule has 21 heavy (non-hydrogen) atoms. The Bertz CT molecular complexity index is 689. The van der Waals surface area contributed by atoms with E-state index in [0.717, 1.165) is 22.9 Å². The Morgan fingerprint density at radius 1 is 1.33 bits per heavy atom. The number of benzene rings is 1. The molecule has 108 valence electrons. The average molecular weight is 303 g/mol. The van der Waals surface area contributed by atoms with Gasteiger partial charge in [-0.25, -0.2) is 4.98 Å². The number of nitrogens with one attached hydrogen (secondary N) is 2. The first-order valence-corrected chi connectivity index (χ1v) is 7.02. The number of nitrogens with zero attached hydrogens (tertiary/aromatic N) is 2. The predicted octanol–water partition coefficient (Wildman–Crippen LogP) is 2.74. The Morgan fingerprint density at radius 2 is 2.14 bits per heavy atom. The zero-order valence-electron chi connectivity index (χ0n) is 11.6. The van der Waals surface area contributed by atoms with Crippen LogP contribution in [0.1, 0.15) is 5.69 Å². The highest BCUT2D eigenvalue weighted by molar-refractivity contribution is 6.31. The standard InChI is InChI=1S/C15H15ClN4O/c1-17-14-7-6-10(16)12(18-14)8-20-9-15(21)19-11-4-2-3-5-13(11)20/h2-7H,8-9H2,1H3,(H,17,18)(H,19,21). The van der Waals surface area contributed by atoms with Gasteiger partial charge in [0.25, 0.3) is 0 Å². The van der Waals surface area contributed by atoms with Crippen LogP contribution in [0.3, 0.4) is 0 Å². The van der Waals surface area contributed by atoms with Gasteiger partial charge in [-0.15, -0.1) is 0 Å². The van der Waals surface area contributed by atoms with Gasteiger partial charge in [-0.3, -0.25) is 4.79 Å². The molecule has 0 atom stereocenters. The molecule has 0 spiro atoms. The molecule has 0 saturated carbocycles. The summed E-state index contributed by atoms with van der Waals surface area (Å²) in [7, 11) is 1.81. The Kier molecular flexibility index (Phi) is 3.66. The van der Waals surface area contributed by atoms with Crippen LogP contribution in [-0.4, -0.2) is 24.5 Å². The minimum atomic E-state index is -0.0328. The molecule has 0 fully saturated rings. The summed E-state index contributed by atoms with van der Waals surface area (Å²) in [6.45, 7) is 0.775. The Balaban J connectivity index is 1.93. The van der Waals surface area contributed by atoms with Crippen molar-refractivity contribution < 1.29 is 4.79 Å². The molecule has 0 aliphatic carbocycles. The van der Waals surface area contributed by atoms with E-state index in [0.29, 0.717) is 18.1 Å². The number of carbonyl (C=O) groups excluding carboxylic acids is 1. The van der Waals surface area contributed by atoms with Crippen LogP contribution in [0.4, 0.5) is 17.2 Å². The lowest BCUT2D eigenvalue weighted by molar-refractivity contribution is -0.115. The first kappa shape index (κ1) is 13.7. The number of halogens is 1. The quantitative estimate of drug-likeness (QED) is 0.915. The van der Waals surface area contributed by atoms with Gasteiger partial charge in [0.15, 0.2) is 0 Å². The number of anilines is 3. The van der Waals surface area contributed by atoms with E-state index < -0.39 is 0 Å². The molecular weight excluding hydrogens is 288 g/mol. The maximum absolute atomic E-state index is 11.8. The molecule has 1 amide bonds. The SMILES string of the molecule is CNc1ccc(Cl)c(CN2CC(=O)Nc3ccccc32)n1. The molecule has 6 heteroatoms. The number of amides is 1. The summed E-state index contributed by atoms with van der Waals surface area (Å²) < 4.78 is 0. The second-order valence-corrected chi connectivity index (χ2v) is 5.20. The van der Waals surface area contributed by atoms with Gasteiger partial charge in [0.2, 0.25) is 5.91 Å². The topological polar surface area (TPSA) is 57.3 Å². The number of hydrogen-bond donors (Lipinski definition) is 2. The first-order valence-electron chi connectivity index (χ1n) is 6.64. The predicted molar refractivity (Wildman–Crippen MR) is 84.9 cm³/mol. The average Bonchev–Trinajstić information content (AvgIpc) is 2.49. The van der Waals surface area contributed by atoms with Crippen LogP contribution in [0.25, 0.3) is 0 Å². The lowest BCUT2D eigenvalue weighted by atomic mass is 10.2. The molecule has 0 radical (unpaired) electrons. The van der Waals surface area contributed by atoms with Crippen molar-refractivity contribution in [3.63, 3.8) is 0 Å². The minimum Gasteiger partial charge on any atom is -0.373 e. The summed E-state index contributed by atoms with van der Waals surface area (Å²) in [4.78, 5) is 18.3. The number of carbonyl (C=O) groups is 1. The molecule has 0 bridgehead atoms. The molecule has 5 nitrogen and oxygen atoms in total. The molecule has 2 N–H and O–H groups in total. The monoisotopic (exact) mass is 302 g/mol. The van der Waals surface area contributed by atoms with Crippen LogP contribution in [0.5, 0.6) is 0 Å². The zero-order valence-corrected chi connectivity index (χ0v) is 12.3. The summed E-state index contributed by atoms with van der Waals surface area (Å²) in [5, 5.41) is 6.45. The van der Waals surface area contributed by atoms with E-state index in [4.69, 9.17) is 11.6 Å². The Morgan fingerprint density at radius 3 is 2.95 bits per heavy atom. The van der Waals surface area contributed by atoms with Crippen molar-refractivity contribution >= 4 is 34.7 Å². The van der Waals surface area contributed by atoms with Gasteiger partial charge in [-0.1, -0.05) is 23.7 Å². The van der Waals surface area contributed by atoms with Gasteiger partial charge in [0.1, 0.15) is 5.82 Å². The highest BCUT2D eigenvalue weighted by Gasteiger charge is 2.22. The second kappa shape index (κ2) is 5.61. The lowest BCUT2D eigenvalue weighted by Gasteiger charge is -2.30. The summed E-state index contributed by atoms with van der Waals surface area (Å²) in [6, 6.07) is 11.3. The summed E-state index contributed by atoms with van der Waals surface area (Å²) >= 11 is 6.22. The highest BCUT2D eigenvalue weighted by Crippen LogP contribution is 2.31. The third kappa shape index (κ3) is 2.78. The number of rotatable bonds is 3. The van der Waals surface area contributed by atoms with Crippen molar-refractivity contribution in [1.82, 2.24) is 4.98 Å². The molecule has 2 heterocycles. The summed E-state index contributed by atoms with van der Waals surface area (Å²) in [5.74, 6) is 0.721. The van der Waals surface area contributed by atoms with E-state index in [1.54, 1.807) is 0 Å². The molecular formula is C15H15ClN4O. The maximum Gasteiger partial charge on any atom is 0.243 e. The number of aromatic nitrogens is 1. The van der Waals surface area contributed by atoms with E-state index >= 15 is 0 Å². The van der Waals surface area contributed by atoms with Gasteiger partial charge in [-0.05, 0) is 24.3 Å². The zero-order chi connectivity index (χ0) is 14.8. The smallest absolute Gasteiger partial charge is 0.243 e. The molecule has 0 unspecified atom stereocenters. The number of fused-ring (bicyclic) bond motifs is 1. The fourth-order valence-electron chi connectivity index (χ4n) is 2.36. The van der Waals surface area contributed by atoms with Crippen LogP contribution in [-0.2, 0) is 11.3 Å². The summed E-state index contributed by atoms with van der Waals surface area (Å²) in [6.07, 6.45) is 0. The molecule has 1 aromatic heterocycles. The van der Waals surface area contributed by atoms with E-state index in [-0.39, 0.29) is 5.91 Å². The molecule has 2 aromatic rings. The van der Waals surface area contributed by atoms with Crippen molar-refractivity contribution in [1.29, 1.82) is 0 Å².